The summed E-state index contributed by atoms with van der Waals surface area (Å²) >= 11 is 5.76. The molecule has 0 aliphatic rings. The summed E-state index contributed by atoms with van der Waals surface area (Å²) in [5, 5.41) is 5.48. The molecule has 9 heteroatoms. The molecule has 0 bridgehead atoms. The SMILES string of the molecule is Cc1ccc(S(=O)(=O)NCC(=O)NCC(=O)Nc2ccc(Cl)cc2)cc1C. The van der Waals surface area contributed by atoms with Gasteiger partial charge in [0.25, 0.3) is 0 Å². The Kier molecular flexibility index (Phi) is 6.95. The lowest BCUT2D eigenvalue weighted by molar-refractivity contribution is -0.123. The highest BCUT2D eigenvalue weighted by atomic mass is 35.5. The van der Waals surface area contributed by atoms with E-state index in [0.717, 1.165) is 11.1 Å². The number of benzene rings is 2. The summed E-state index contributed by atoms with van der Waals surface area (Å²) in [5.74, 6) is -1.06. The average molecular weight is 410 g/mol. The first-order valence-corrected chi connectivity index (χ1v) is 9.92. The van der Waals surface area contributed by atoms with E-state index in [1.165, 1.54) is 12.1 Å². The first-order valence-electron chi connectivity index (χ1n) is 8.06. The van der Waals surface area contributed by atoms with Crippen molar-refractivity contribution in [3.63, 3.8) is 0 Å². The van der Waals surface area contributed by atoms with Crippen molar-refractivity contribution >= 4 is 39.1 Å². The highest BCUT2D eigenvalue weighted by Crippen LogP contribution is 2.14. The molecule has 0 unspecified atom stereocenters. The average Bonchev–Trinajstić information content (AvgIpc) is 2.62. The lowest BCUT2D eigenvalue weighted by Crippen LogP contribution is -2.40. The lowest BCUT2D eigenvalue weighted by Gasteiger charge is -2.10. The van der Waals surface area contributed by atoms with Crippen molar-refractivity contribution in [2.75, 3.05) is 18.4 Å². The Hall–Kier alpha value is -2.42. The molecule has 2 aromatic carbocycles. The summed E-state index contributed by atoms with van der Waals surface area (Å²) in [7, 11) is -3.81. The molecule has 0 heterocycles. The summed E-state index contributed by atoms with van der Waals surface area (Å²) in [6, 6.07) is 11.2. The third kappa shape index (κ3) is 6.35. The minimum Gasteiger partial charge on any atom is -0.346 e. The first-order chi connectivity index (χ1) is 12.7. The van der Waals surface area contributed by atoms with E-state index in [0.29, 0.717) is 10.7 Å². The second-order valence-electron chi connectivity index (χ2n) is 5.90. The van der Waals surface area contributed by atoms with Gasteiger partial charge in [-0.1, -0.05) is 17.7 Å². The predicted molar refractivity (Wildman–Crippen MR) is 104 cm³/mol. The van der Waals surface area contributed by atoms with E-state index in [2.05, 4.69) is 15.4 Å². The molecule has 0 aliphatic carbocycles. The summed E-state index contributed by atoms with van der Waals surface area (Å²) in [6.45, 7) is 2.93. The zero-order chi connectivity index (χ0) is 20.0. The van der Waals surface area contributed by atoms with Crippen LogP contribution in [-0.4, -0.2) is 33.3 Å². The smallest absolute Gasteiger partial charge is 0.243 e. The van der Waals surface area contributed by atoms with Crippen LogP contribution in [0, 0.1) is 13.8 Å². The Morgan fingerprint density at radius 1 is 0.926 bits per heavy atom. The summed E-state index contributed by atoms with van der Waals surface area (Å²) in [4.78, 5) is 23.7. The third-order valence-corrected chi connectivity index (χ3v) is 5.44. The molecule has 0 fully saturated rings. The van der Waals surface area contributed by atoms with E-state index in [1.54, 1.807) is 37.3 Å². The minimum atomic E-state index is -3.81. The van der Waals surface area contributed by atoms with Gasteiger partial charge in [-0.3, -0.25) is 9.59 Å². The van der Waals surface area contributed by atoms with Crippen LogP contribution < -0.4 is 15.4 Å². The van der Waals surface area contributed by atoms with Crippen molar-refractivity contribution in [1.29, 1.82) is 0 Å². The number of halogens is 1. The maximum absolute atomic E-state index is 12.2. The molecule has 0 saturated carbocycles. The number of carbonyl (C=O) groups excluding carboxylic acids is 2. The van der Waals surface area contributed by atoms with Gasteiger partial charge in [0.2, 0.25) is 21.8 Å². The molecule has 0 radical (unpaired) electrons. The fourth-order valence-electron chi connectivity index (χ4n) is 2.10. The number of hydrogen-bond acceptors (Lipinski definition) is 4. The van der Waals surface area contributed by atoms with Gasteiger partial charge in [0.1, 0.15) is 0 Å². The van der Waals surface area contributed by atoms with E-state index in [9.17, 15) is 18.0 Å². The van der Waals surface area contributed by atoms with Gasteiger partial charge in [0.15, 0.2) is 0 Å². The predicted octanol–water partition coefficient (Wildman–Crippen LogP) is 1.99. The van der Waals surface area contributed by atoms with Gasteiger partial charge in [-0.2, -0.15) is 0 Å². The molecule has 27 heavy (non-hydrogen) atoms. The monoisotopic (exact) mass is 409 g/mol. The molecule has 7 nitrogen and oxygen atoms in total. The van der Waals surface area contributed by atoms with Crippen molar-refractivity contribution < 1.29 is 18.0 Å². The van der Waals surface area contributed by atoms with Crippen LogP contribution in [0.4, 0.5) is 5.69 Å². The number of carbonyl (C=O) groups is 2. The van der Waals surface area contributed by atoms with Gasteiger partial charge < -0.3 is 10.6 Å². The molecule has 2 aromatic rings. The molecular formula is C18H20ClN3O4S. The van der Waals surface area contributed by atoms with Gasteiger partial charge in [0, 0.05) is 10.7 Å². The van der Waals surface area contributed by atoms with Crippen LogP contribution in [0.3, 0.4) is 0 Å². The minimum absolute atomic E-state index is 0.0823. The number of anilines is 1. The standard InChI is InChI=1S/C18H20ClN3O4S/c1-12-3-8-16(9-13(12)2)27(25,26)21-11-17(23)20-10-18(24)22-15-6-4-14(19)5-7-15/h3-9,21H,10-11H2,1-2H3,(H,20,23)(H,22,24). The van der Waals surface area contributed by atoms with E-state index in [-0.39, 0.29) is 11.4 Å². The van der Waals surface area contributed by atoms with Crippen molar-refractivity contribution in [3.8, 4) is 0 Å². The second-order valence-corrected chi connectivity index (χ2v) is 8.11. The number of aryl methyl sites for hydroxylation is 2. The highest BCUT2D eigenvalue weighted by molar-refractivity contribution is 7.89. The van der Waals surface area contributed by atoms with E-state index >= 15 is 0 Å². The Bertz CT molecular complexity index is 944. The Balaban J connectivity index is 1.82. The Morgan fingerprint density at radius 3 is 2.22 bits per heavy atom. The van der Waals surface area contributed by atoms with Gasteiger partial charge >= 0.3 is 0 Å². The quantitative estimate of drug-likeness (QED) is 0.650. The number of sulfonamides is 1. The molecule has 2 amide bonds. The third-order valence-electron chi connectivity index (χ3n) is 3.79. The van der Waals surface area contributed by atoms with Crippen LogP contribution in [0.15, 0.2) is 47.4 Å². The van der Waals surface area contributed by atoms with Crippen LogP contribution in [0.1, 0.15) is 11.1 Å². The van der Waals surface area contributed by atoms with Crippen molar-refractivity contribution in [2.45, 2.75) is 18.7 Å². The van der Waals surface area contributed by atoms with E-state index < -0.39 is 28.4 Å². The van der Waals surface area contributed by atoms with Crippen LogP contribution in [0.5, 0.6) is 0 Å². The lowest BCUT2D eigenvalue weighted by atomic mass is 10.1. The van der Waals surface area contributed by atoms with Gasteiger partial charge in [-0.05, 0) is 61.4 Å². The number of nitrogens with one attached hydrogen (secondary N) is 3. The second kappa shape index (κ2) is 8.98. The summed E-state index contributed by atoms with van der Waals surface area (Å²) in [6.07, 6.45) is 0. The van der Waals surface area contributed by atoms with E-state index in [4.69, 9.17) is 11.6 Å². The number of amides is 2. The number of hydrogen-bond donors (Lipinski definition) is 3. The van der Waals surface area contributed by atoms with Gasteiger partial charge in [-0.15, -0.1) is 0 Å². The summed E-state index contributed by atoms with van der Waals surface area (Å²) < 4.78 is 26.7. The number of rotatable bonds is 7. The highest BCUT2D eigenvalue weighted by Gasteiger charge is 2.16. The molecule has 144 valence electrons. The molecule has 0 saturated heterocycles. The van der Waals surface area contributed by atoms with Crippen molar-refractivity contribution in [3.05, 3.63) is 58.6 Å². The van der Waals surface area contributed by atoms with Crippen LogP contribution in [-0.2, 0) is 19.6 Å². The van der Waals surface area contributed by atoms with Crippen LogP contribution in [0.25, 0.3) is 0 Å². The molecule has 0 spiro atoms. The van der Waals surface area contributed by atoms with Gasteiger partial charge in [-0.25, -0.2) is 13.1 Å². The topological polar surface area (TPSA) is 104 Å². The van der Waals surface area contributed by atoms with Crippen LogP contribution in [0.2, 0.25) is 5.02 Å². The molecule has 2 rings (SSSR count). The van der Waals surface area contributed by atoms with Gasteiger partial charge in [0.05, 0.1) is 18.0 Å². The molecule has 3 N–H and O–H groups in total. The Labute approximate surface area is 163 Å². The molecule has 0 aliphatic heterocycles. The van der Waals surface area contributed by atoms with Crippen molar-refractivity contribution in [1.82, 2.24) is 10.0 Å². The molecule has 0 aromatic heterocycles. The fraction of sp³-hybridized carbons (Fsp3) is 0.222. The normalized spacial score (nSPS) is 11.1. The maximum atomic E-state index is 12.2. The van der Waals surface area contributed by atoms with Crippen molar-refractivity contribution in [2.24, 2.45) is 0 Å². The summed E-state index contributed by atoms with van der Waals surface area (Å²) in [5.41, 5.74) is 2.34. The Morgan fingerprint density at radius 2 is 1.59 bits per heavy atom. The largest absolute Gasteiger partial charge is 0.346 e. The fourth-order valence-corrected chi connectivity index (χ4v) is 3.30. The van der Waals surface area contributed by atoms with Crippen LogP contribution >= 0.6 is 11.6 Å². The molecular weight excluding hydrogens is 390 g/mol. The molecule has 0 atom stereocenters. The zero-order valence-electron chi connectivity index (χ0n) is 14.9. The van der Waals surface area contributed by atoms with E-state index in [1.807, 2.05) is 6.92 Å². The first kappa shape index (κ1) is 20.9. The zero-order valence-corrected chi connectivity index (χ0v) is 16.4. The maximum Gasteiger partial charge on any atom is 0.243 e.